The topological polar surface area (TPSA) is 32.6 Å². The second-order valence-corrected chi connectivity index (χ2v) is 8.49. The van der Waals surface area contributed by atoms with E-state index < -0.39 is 0 Å². The molecule has 30 heavy (non-hydrogen) atoms. The first kappa shape index (κ1) is 18.6. The SMILES string of the molecule is S=c1[nH]nc(-[n+]2c(-c3ccccc3)cc(-c3ccccc3)cc2-c2ccccc2)s1. The summed E-state index contributed by atoms with van der Waals surface area (Å²) in [5.41, 5.74) is 6.70. The van der Waals surface area contributed by atoms with Gasteiger partial charge in [-0.25, -0.2) is 0 Å². The van der Waals surface area contributed by atoms with Crippen molar-refractivity contribution in [3.8, 4) is 38.8 Å². The van der Waals surface area contributed by atoms with Gasteiger partial charge in [-0.05, 0) is 46.8 Å². The molecule has 1 N–H and O–H groups in total. The van der Waals surface area contributed by atoms with Crippen molar-refractivity contribution in [2.75, 3.05) is 0 Å². The highest BCUT2D eigenvalue weighted by molar-refractivity contribution is 7.73. The highest BCUT2D eigenvalue weighted by Crippen LogP contribution is 2.30. The van der Waals surface area contributed by atoms with Crippen LogP contribution in [0.5, 0.6) is 0 Å². The van der Waals surface area contributed by atoms with E-state index in [1.807, 2.05) is 18.2 Å². The molecule has 0 amide bonds. The van der Waals surface area contributed by atoms with Gasteiger partial charge in [0, 0.05) is 11.1 Å². The molecule has 3 nitrogen and oxygen atoms in total. The molecule has 2 heterocycles. The summed E-state index contributed by atoms with van der Waals surface area (Å²) in [7, 11) is 0. The molecular formula is C25H18N3S2+. The molecule has 0 spiro atoms. The van der Waals surface area contributed by atoms with Crippen molar-refractivity contribution in [1.29, 1.82) is 0 Å². The number of nitrogens with one attached hydrogen (secondary N) is 1. The van der Waals surface area contributed by atoms with Crippen LogP contribution in [-0.4, -0.2) is 10.2 Å². The Bertz CT molecular complexity index is 1280. The number of hydrogen-bond donors (Lipinski definition) is 1. The number of benzene rings is 3. The maximum absolute atomic E-state index is 5.34. The van der Waals surface area contributed by atoms with Crippen LogP contribution in [-0.2, 0) is 0 Å². The predicted molar refractivity (Wildman–Crippen MR) is 125 cm³/mol. The molecule has 0 atom stereocenters. The third kappa shape index (κ3) is 3.61. The van der Waals surface area contributed by atoms with Crippen LogP contribution in [0.4, 0.5) is 0 Å². The Labute approximate surface area is 183 Å². The van der Waals surface area contributed by atoms with E-state index in [0.717, 1.165) is 33.2 Å². The van der Waals surface area contributed by atoms with Gasteiger partial charge in [0.2, 0.25) is 3.95 Å². The molecule has 0 aliphatic carbocycles. The molecule has 0 aliphatic heterocycles. The zero-order valence-electron chi connectivity index (χ0n) is 16.0. The number of hydrogen-bond acceptors (Lipinski definition) is 3. The molecule has 5 heteroatoms. The van der Waals surface area contributed by atoms with Gasteiger partial charge >= 0.3 is 5.13 Å². The second-order valence-electron chi connectivity index (χ2n) is 6.84. The van der Waals surface area contributed by atoms with E-state index in [-0.39, 0.29) is 0 Å². The summed E-state index contributed by atoms with van der Waals surface area (Å²) in [6.07, 6.45) is 0. The lowest BCUT2D eigenvalue weighted by atomic mass is 9.99. The Morgan fingerprint density at radius 1 is 0.633 bits per heavy atom. The highest BCUT2D eigenvalue weighted by atomic mass is 32.1. The molecule has 0 saturated carbocycles. The average molecular weight is 425 g/mol. The van der Waals surface area contributed by atoms with E-state index in [1.165, 1.54) is 16.9 Å². The van der Waals surface area contributed by atoms with Crippen molar-refractivity contribution in [2.45, 2.75) is 0 Å². The minimum absolute atomic E-state index is 0.655. The zero-order chi connectivity index (χ0) is 20.3. The van der Waals surface area contributed by atoms with Gasteiger partial charge in [0.1, 0.15) is 11.4 Å². The van der Waals surface area contributed by atoms with E-state index in [1.54, 1.807) is 0 Å². The van der Waals surface area contributed by atoms with Gasteiger partial charge in [0.25, 0.3) is 0 Å². The minimum atomic E-state index is 0.655. The van der Waals surface area contributed by atoms with E-state index in [0.29, 0.717) is 3.95 Å². The Morgan fingerprint density at radius 2 is 1.10 bits per heavy atom. The third-order valence-electron chi connectivity index (χ3n) is 4.93. The Balaban J connectivity index is 1.88. The second kappa shape index (κ2) is 8.14. The van der Waals surface area contributed by atoms with E-state index in [4.69, 9.17) is 12.2 Å². The van der Waals surface area contributed by atoms with Crippen molar-refractivity contribution >= 4 is 23.6 Å². The van der Waals surface area contributed by atoms with Crippen LogP contribution in [0, 0.1) is 3.95 Å². The van der Waals surface area contributed by atoms with E-state index in [9.17, 15) is 0 Å². The maximum Gasteiger partial charge on any atom is 0.414 e. The first-order chi connectivity index (χ1) is 14.8. The molecule has 0 radical (unpaired) electrons. The van der Waals surface area contributed by atoms with Gasteiger partial charge in [-0.2, -0.15) is 9.67 Å². The summed E-state index contributed by atoms with van der Waals surface area (Å²) in [4.78, 5) is 0. The van der Waals surface area contributed by atoms with Crippen molar-refractivity contribution in [3.63, 3.8) is 0 Å². The highest BCUT2D eigenvalue weighted by Gasteiger charge is 2.24. The molecule has 5 rings (SSSR count). The van der Waals surface area contributed by atoms with Crippen LogP contribution in [0.2, 0.25) is 0 Å². The maximum atomic E-state index is 5.34. The van der Waals surface area contributed by atoms with Gasteiger partial charge < -0.3 is 0 Å². The molecule has 3 aromatic carbocycles. The molecule has 0 aliphatic rings. The molecule has 0 bridgehead atoms. The van der Waals surface area contributed by atoms with Gasteiger partial charge in [-0.1, -0.05) is 91.0 Å². The van der Waals surface area contributed by atoms with Crippen molar-refractivity contribution < 1.29 is 4.57 Å². The first-order valence-electron chi connectivity index (χ1n) is 9.62. The van der Waals surface area contributed by atoms with Crippen molar-refractivity contribution in [3.05, 3.63) is 107 Å². The summed E-state index contributed by atoms with van der Waals surface area (Å²) in [6, 6.07) is 35.7. The molecule has 0 unspecified atom stereocenters. The molecular weight excluding hydrogens is 406 g/mol. The summed E-state index contributed by atoms with van der Waals surface area (Å²) in [5.74, 6) is 0. The lowest BCUT2D eigenvalue weighted by molar-refractivity contribution is -0.571. The summed E-state index contributed by atoms with van der Waals surface area (Å²) in [6.45, 7) is 0. The van der Waals surface area contributed by atoms with Crippen LogP contribution in [0.15, 0.2) is 103 Å². The number of aromatic nitrogens is 3. The quantitative estimate of drug-likeness (QED) is 0.265. The van der Waals surface area contributed by atoms with E-state index in [2.05, 4.69) is 99.7 Å². The first-order valence-corrected chi connectivity index (χ1v) is 10.8. The van der Waals surface area contributed by atoms with Gasteiger partial charge in [0.15, 0.2) is 0 Å². The number of rotatable bonds is 4. The standard InChI is InChI=1S/C25H17N3S2/c29-25-27-26-24(30-25)28-22(19-12-6-2-7-13-19)16-21(18-10-4-1-5-11-18)17-23(28)20-14-8-3-9-15-20/h1-17H/p+1. The number of H-pyrrole nitrogens is 1. The number of aromatic amines is 1. The fourth-order valence-electron chi connectivity index (χ4n) is 3.56. The van der Waals surface area contributed by atoms with Crippen LogP contribution in [0.3, 0.4) is 0 Å². The Kier molecular flexibility index (Phi) is 5.05. The van der Waals surface area contributed by atoms with Crippen LogP contribution in [0.25, 0.3) is 38.8 Å². The van der Waals surface area contributed by atoms with Gasteiger partial charge in [-0.15, -0.1) is 0 Å². The summed E-state index contributed by atoms with van der Waals surface area (Å²) in [5, 5.41) is 8.26. The van der Waals surface area contributed by atoms with Gasteiger partial charge in [-0.3, -0.25) is 0 Å². The van der Waals surface area contributed by atoms with Crippen LogP contribution >= 0.6 is 23.6 Å². The molecule has 0 fully saturated rings. The normalized spacial score (nSPS) is 10.8. The fraction of sp³-hybridized carbons (Fsp3) is 0. The minimum Gasteiger partial charge on any atom is -0.177 e. The lowest BCUT2D eigenvalue weighted by Gasteiger charge is -2.13. The number of pyridine rings is 1. The lowest BCUT2D eigenvalue weighted by Crippen LogP contribution is -2.36. The van der Waals surface area contributed by atoms with Crippen LogP contribution < -0.4 is 4.57 Å². The summed E-state index contributed by atoms with van der Waals surface area (Å²) >= 11 is 6.81. The van der Waals surface area contributed by atoms with E-state index >= 15 is 0 Å². The summed E-state index contributed by atoms with van der Waals surface area (Å²) < 4.78 is 2.84. The third-order valence-corrected chi connectivity index (χ3v) is 6.00. The molecule has 0 saturated heterocycles. The molecule has 144 valence electrons. The smallest absolute Gasteiger partial charge is 0.177 e. The van der Waals surface area contributed by atoms with Crippen molar-refractivity contribution in [1.82, 2.24) is 10.2 Å². The molecule has 5 aromatic rings. The predicted octanol–water partition coefficient (Wildman–Crippen LogP) is 6.48. The Hall–Kier alpha value is -3.41. The zero-order valence-corrected chi connectivity index (χ0v) is 17.7. The monoisotopic (exact) mass is 424 g/mol. The fourth-order valence-corrected chi connectivity index (χ4v) is 4.46. The van der Waals surface area contributed by atoms with Crippen molar-refractivity contribution in [2.24, 2.45) is 0 Å². The molecule has 2 aromatic heterocycles. The largest absolute Gasteiger partial charge is 0.414 e. The Morgan fingerprint density at radius 3 is 1.53 bits per heavy atom. The van der Waals surface area contributed by atoms with Gasteiger partial charge in [0.05, 0.1) is 5.10 Å². The average Bonchev–Trinajstić information content (AvgIpc) is 3.26. The van der Waals surface area contributed by atoms with Crippen LogP contribution in [0.1, 0.15) is 0 Å². The number of nitrogens with zero attached hydrogens (tertiary/aromatic N) is 2.